The number of halogens is 1. The van der Waals surface area contributed by atoms with Gasteiger partial charge in [-0.2, -0.15) is 0 Å². The van der Waals surface area contributed by atoms with Gasteiger partial charge in [0.05, 0.1) is 16.1 Å². The van der Waals surface area contributed by atoms with E-state index < -0.39 is 31.4 Å². The molecule has 1 fully saturated rings. The van der Waals surface area contributed by atoms with Crippen LogP contribution in [-0.2, 0) is 23.1 Å². The van der Waals surface area contributed by atoms with E-state index in [0.717, 1.165) is 54.9 Å². The van der Waals surface area contributed by atoms with Crippen molar-refractivity contribution in [2.75, 3.05) is 42.1 Å². The number of imidazole rings is 1. The molecule has 0 bridgehead atoms. The SMILES string of the molecule is O=C(NS(=O)(=O)c1ccc(N[C@H](CCn2ccnc2)CSc2ccccc2)c([N+](=O)[O-])c1)c1ccc(N2CCN(Cc3ccccc3-c3ccc(Cl)cc3)CC2)cc1. The number of aromatic nitrogens is 2. The molecule has 298 valence electrons. The molecule has 6 aromatic rings. The van der Waals surface area contributed by atoms with Crippen molar-refractivity contribution in [2.24, 2.45) is 0 Å². The van der Waals surface area contributed by atoms with E-state index >= 15 is 0 Å². The van der Waals surface area contributed by atoms with Gasteiger partial charge in [0.1, 0.15) is 5.69 Å². The average molecular weight is 836 g/mol. The van der Waals surface area contributed by atoms with Gasteiger partial charge >= 0.3 is 0 Å². The van der Waals surface area contributed by atoms with Crippen LogP contribution in [0.3, 0.4) is 0 Å². The Morgan fingerprint density at radius 1 is 0.897 bits per heavy atom. The lowest BCUT2D eigenvalue weighted by molar-refractivity contribution is -0.384. The lowest BCUT2D eigenvalue weighted by Gasteiger charge is -2.36. The minimum atomic E-state index is -4.45. The summed E-state index contributed by atoms with van der Waals surface area (Å²) < 4.78 is 30.8. The summed E-state index contributed by atoms with van der Waals surface area (Å²) in [6, 6.07) is 36.3. The molecule has 15 heteroatoms. The Kier molecular flexibility index (Phi) is 13.1. The number of carbonyl (C=O) groups excluding carboxylic acids is 1. The van der Waals surface area contributed by atoms with E-state index in [2.05, 4.69) is 43.0 Å². The molecular formula is C43H42ClN7O5S2. The minimum Gasteiger partial charge on any atom is -0.376 e. The normalized spacial score (nSPS) is 13.8. The zero-order valence-corrected chi connectivity index (χ0v) is 33.9. The number of nitrogens with zero attached hydrogens (tertiary/aromatic N) is 5. The Bertz CT molecular complexity index is 2430. The standard InChI is InChI=1S/C43H42ClN7O5S2/c44-35-14-10-32(11-15-35)40-9-5-4-6-34(40)29-48-24-26-50(27-25-48)37-16-12-33(13-17-37)43(52)47-58(55,56)39-18-19-41(42(28-39)51(53)54)46-36(20-22-49-23-21-45-31-49)30-57-38-7-2-1-3-8-38/h1-19,21,23,28,31,36,46H,20,22,24-27,29-30H2,(H,47,52)/t36-/m1/s1. The number of aryl methyl sites for hydroxylation is 1. The molecule has 12 nitrogen and oxygen atoms in total. The summed E-state index contributed by atoms with van der Waals surface area (Å²) in [7, 11) is -4.45. The Labute approximate surface area is 347 Å². The second-order valence-electron chi connectivity index (χ2n) is 13.9. The van der Waals surface area contributed by atoms with Crippen LogP contribution < -0.4 is 14.9 Å². The summed E-state index contributed by atoms with van der Waals surface area (Å²) in [5.74, 6) is -0.236. The number of sulfonamides is 1. The van der Waals surface area contributed by atoms with Gasteiger partial charge in [-0.1, -0.05) is 66.2 Å². The highest BCUT2D eigenvalue weighted by Crippen LogP contribution is 2.31. The summed E-state index contributed by atoms with van der Waals surface area (Å²) in [5, 5.41) is 16.2. The van der Waals surface area contributed by atoms with Crippen molar-refractivity contribution in [3.8, 4) is 11.1 Å². The number of hydrogen-bond donors (Lipinski definition) is 2. The quantitative estimate of drug-likeness (QED) is 0.0557. The molecule has 0 radical (unpaired) electrons. The number of carbonyl (C=O) groups is 1. The second kappa shape index (κ2) is 18.7. The van der Waals surface area contributed by atoms with Gasteiger partial charge in [-0.15, -0.1) is 11.8 Å². The van der Waals surface area contributed by atoms with Crippen LogP contribution >= 0.6 is 23.4 Å². The summed E-state index contributed by atoms with van der Waals surface area (Å²) in [6.07, 6.45) is 5.87. The fourth-order valence-electron chi connectivity index (χ4n) is 6.84. The first-order valence-corrected chi connectivity index (χ1v) is 21.6. The zero-order valence-electron chi connectivity index (χ0n) is 31.5. The van der Waals surface area contributed by atoms with Crippen molar-refractivity contribution in [1.29, 1.82) is 0 Å². The third-order valence-corrected chi connectivity index (χ3v) is 12.7. The van der Waals surface area contributed by atoms with Crippen molar-refractivity contribution in [2.45, 2.75) is 35.3 Å². The number of nitrogens with one attached hydrogen (secondary N) is 2. The third-order valence-electron chi connectivity index (χ3n) is 9.99. The molecular weight excluding hydrogens is 794 g/mol. The highest BCUT2D eigenvalue weighted by atomic mass is 35.5. The van der Waals surface area contributed by atoms with Gasteiger partial charge in [0.15, 0.2) is 0 Å². The van der Waals surface area contributed by atoms with Crippen molar-refractivity contribution in [1.82, 2.24) is 19.2 Å². The predicted molar refractivity (Wildman–Crippen MR) is 230 cm³/mol. The molecule has 1 aliphatic heterocycles. The van der Waals surface area contributed by atoms with Gasteiger partial charge in [-0.25, -0.2) is 18.1 Å². The number of nitro benzene ring substituents is 1. The van der Waals surface area contributed by atoms with E-state index in [9.17, 15) is 23.3 Å². The number of benzene rings is 5. The lowest BCUT2D eigenvalue weighted by Crippen LogP contribution is -2.46. The molecule has 5 aromatic carbocycles. The molecule has 7 rings (SSSR count). The van der Waals surface area contributed by atoms with Gasteiger partial charge in [0, 0.05) is 90.7 Å². The molecule has 58 heavy (non-hydrogen) atoms. The number of rotatable bonds is 16. The minimum absolute atomic E-state index is 0.147. The molecule has 1 amide bonds. The van der Waals surface area contributed by atoms with Crippen LogP contribution in [0.15, 0.2) is 150 Å². The zero-order chi connectivity index (χ0) is 40.5. The first-order valence-electron chi connectivity index (χ1n) is 18.8. The Hall–Kier alpha value is -5.67. The summed E-state index contributed by atoms with van der Waals surface area (Å²) >= 11 is 7.73. The maximum Gasteiger partial charge on any atom is 0.293 e. The van der Waals surface area contributed by atoms with Crippen molar-refractivity contribution < 1.29 is 18.1 Å². The number of amides is 1. The van der Waals surface area contributed by atoms with Crippen LogP contribution in [0.5, 0.6) is 0 Å². The fraction of sp³-hybridized carbons (Fsp3) is 0.209. The maximum absolute atomic E-state index is 13.4. The highest BCUT2D eigenvalue weighted by Gasteiger charge is 2.26. The third kappa shape index (κ3) is 10.4. The van der Waals surface area contributed by atoms with Crippen molar-refractivity contribution >= 4 is 56.4 Å². The Morgan fingerprint density at radius 3 is 2.33 bits per heavy atom. The van der Waals surface area contributed by atoms with E-state index in [1.807, 2.05) is 71.4 Å². The molecule has 1 atom stereocenters. The van der Waals surface area contributed by atoms with Crippen LogP contribution in [0.1, 0.15) is 22.3 Å². The molecule has 1 aliphatic rings. The van der Waals surface area contributed by atoms with Crippen LogP contribution in [0.25, 0.3) is 11.1 Å². The number of hydrogen-bond acceptors (Lipinski definition) is 10. The molecule has 0 unspecified atom stereocenters. The van der Waals surface area contributed by atoms with Gasteiger partial charge in [0.25, 0.3) is 21.6 Å². The maximum atomic E-state index is 13.4. The van der Waals surface area contributed by atoms with E-state index in [4.69, 9.17) is 11.6 Å². The smallest absolute Gasteiger partial charge is 0.293 e. The summed E-state index contributed by atoms with van der Waals surface area (Å²) in [5.41, 5.74) is 4.38. The molecule has 0 saturated carbocycles. The first-order chi connectivity index (χ1) is 28.1. The lowest BCUT2D eigenvalue weighted by atomic mass is 9.99. The number of piperazine rings is 1. The summed E-state index contributed by atoms with van der Waals surface area (Å²) in [6.45, 7) is 4.68. The Balaban J connectivity index is 0.962. The van der Waals surface area contributed by atoms with E-state index in [1.54, 1.807) is 48.6 Å². The monoisotopic (exact) mass is 835 g/mol. The number of nitro groups is 1. The summed E-state index contributed by atoms with van der Waals surface area (Å²) in [4.78, 5) is 34.2. The van der Waals surface area contributed by atoms with Crippen molar-refractivity contribution in [3.63, 3.8) is 0 Å². The van der Waals surface area contributed by atoms with Crippen LogP contribution in [0.2, 0.25) is 5.02 Å². The average Bonchev–Trinajstić information content (AvgIpc) is 3.77. The number of anilines is 2. The van der Waals surface area contributed by atoms with Crippen LogP contribution in [0.4, 0.5) is 17.1 Å². The molecule has 1 saturated heterocycles. The van der Waals surface area contributed by atoms with E-state index in [-0.39, 0.29) is 17.3 Å². The Morgan fingerprint density at radius 2 is 1.62 bits per heavy atom. The molecule has 0 aliphatic carbocycles. The number of thioether (sulfide) groups is 1. The topological polar surface area (TPSA) is 143 Å². The molecule has 1 aromatic heterocycles. The first kappa shape index (κ1) is 40.5. The van der Waals surface area contributed by atoms with Gasteiger partial charge in [0.2, 0.25) is 0 Å². The van der Waals surface area contributed by atoms with E-state index in [0.29, 0.717) is 23.7 Å². The fourth-order valence-corrected chi connectivity index (χ4v) is 8.96. The van der Waals surface area contributed by atoms with Crippen molar-refractivity contribution in [3.05, 3.63) is 166 Å². The van der Waals surface area contributed by atoms with Gasteiger partial charge in [-0.3, -0.25) is 19.8 Å². The predicted octanol–water partition coefficient (Wildman–Crippen LogP) is 8.22. The highest BCUT2D eigenvalue weighted by molar-refractivity contribution is 7.99. The van der Waals surface area contributed by atoms with Gasteiger partial charge < -0.3 is 14.8 Å². The molecule has 2 N–H and O–H groups in total. The largest absolute Gasteiger partial charge is 0.376 e. The second-order valence-corrected chi connectivity index (χ2v) is 17.1. The van der Waals surface area contributed by atoms with Crippen LogP contribution in [-0.4, -0.2) is 71.7 Å². The van der Waals surface area contributed by atoms with Gasteiger partial charge in [-0.05, 0) is 83.8 Å². The molecule has 0 spiro atoms. The van der Waals surface area contributed by atoms with Crippen LogP contribution in [0, 0.1) is 10.1 Å². The molecule has 2 heterocycles. The van der Waals surface area contributed by atoms with E-state index in [1.165, 1.54) is 23.3 Å².